The zero-order valence-corrected chi connectivity index (χ0v) is 22.9. The molecule has 0 fully saturated rings. The molecule has 0 saturated carbocycles. The molecule has 11 heteroatoms. The molecule has 0 unspecified atom stereocenters. The average Bonchev–Trinajstić information content (AvgIpc) is 2.80. The minimum Gasteiger partial charge on any atom is -0.457 e. The maximum Gasteiger partial charge on any atom is 0.317 e. The van der Waals surface area contributed by atoms with Crippen LogP contribution in [0.2, 0.25) is 10.0 Å². The van der Waals surface area contributed by atoms with E-state index >= 15 is 0 Å². The van der Waals surface area contributed by atoms with Crippen LogP contribution in [0.4, 0.5) is 4.79 Å². The lowest BCUT2D eigenvalue weighted by Crippen LogP contribution is -2.36. The van der Waals surface area contributed by atoms with Gasteiger partial charge in [-0.3, -0.25) is 0 Å². The lowest BCUT2D eigenvalue weighted by atomic mass is 10.1. The van der Waals surface area contributed by atoms with Gasteiger partial charge in [-0.1, -0.05) is 69.5 Å². The Morgan fingerprint density at radius 1 is 0.971 bits per heavy atom. The molecule has 3 aromatic carbocycles. The average molecular weight is 601 g/mol. The van der Waals surface area contributed by atoms with Crippen molar-refractivity contribution in [3.05, 3.63) is 91.9 Å². The standard InChI is InChI=1S/C24H24BrCl2N3O4S/c1-30(24(31)28-13-16-4-3-5-17(10-16)14-29-35(2,32)33)15-18-6-7-19(11-21(18)25)34-20-8-9-22(26)23(27)12-20/h3-12,29H,13-15H2,1-2H3,(H,28,31). The molecule has 0 aliphatic rings. The summed E-state index contributed by atoms with van der Waals surface area (Å²) in [4.78, 5) is 14.2. The van der Waals surface area contributed by atoms with Gasteiger partial charge in [-0.2, -0.15) is 0 Å². The molecule has 3 rings (SSSR count). The van der Waals surface area contributed by atoms with Crippen molar-refractivity contribution in [2.24, 2.45) is 0 Å². The summed E-state index contributed by atoms with van der Waals surface area (Å²) in [5, 5.41) is 3.74. The maximum atomic E-state index is 12.6. The summed E-state index contributed by atoms with van der Waals surface area (Å²) in [6.07, 6.45) is 1.11. The van der Waals surface area contributed by atoms with Crippen LogP contribution in [0.15, 0.2) is 65.1 Å². The van der Waals surface area contributed by atoms with Gasteiger partial charge >= 0.3 is 6.03 Å². The van der Waals surface area contributed by atoms with Gasteiger partial charge in [0.15, 0.2) is 0 Å². The molecule has 0 aliphatic carbocycles. The number of nitrogens with one attached hydrogen (secondary N) is 2. The predicted octanol–water partition coefficient (Wildman–Crippen LogP) is 5.94. The molecule has 35 heavy (non-hydrogen) atoms. The van der Waals surface area contributed by atoms with Crippen LogP contribution >= 0.6 is 39.1 Å². The molecular formula is C24H24BrCl2N3O4S. The quantitative estimate of drug-likeness (QED) is 0.318. The highest BCUT2D eigenvalue weighted by molar-refractivity contribution is 9.10. The van der Waals surface area contributed by atoms with Crippen LogP contribution in [-0.2, 0) is 29.7 Å². The molecule has 0 aliphatic heterocycles. The zero-order chi connectivity index (χ0) is 25.6. The molecule has 0 radical (unpaired) electrons. The van der Waals surface area contributed by atoms with Gasteiger partial charge in [0.05, 0.1) is 16.3 Å². The Kier molecular flexibility index (Phi) is 9.43. The Hall–Kier alpha value is -2.30. The number of ether oxygens (including phenoxy) is 1. The third-order valence-electron chi connectivity index (χ3n) is 4.88. The first-order valence-corrected chi connectivity index (χ1v) is 13.9. The fourth-order valence-electron chi connectivity index (χ4n) is 3.10. The summed E-state index contributed by atoms with van der Waals surface area (Å²) >= 11 is 15.5. The minimum absolute atomic E-state index is 0.194. The van der Waals surface area contributed by atoms with Gasteiger partial charge in [0.2, 0.25) is 10.0 Å². The first-order valence-electron chi connectivity index (χ1n) is 10.4. The van der Waals surface area contributed by atoms with Crippen molar-refractivity contribution in [2.75, 3.05) is 13.3 Å². The van der Waals surface area contributed by atoms with Crippen molar-refractivity contribution in [1.82, 2.24) is 14.9 Å². The van der Waals surface area contributed by atoms with E-state index in [4.69, 9.17) is 27.9 Å². The van der Waals surface area contributed by atoms with Crippen molar-refractivity contribution in [2.45, 2.75) is 19.6 Å². The maximum absolute atomic E-state index is 12.6. The topological polar surface area (TPSA) is 87.7 Å². The van der Waals surface area contributed by atoms with Crippen molar-refractivity contribution in [3.8, 4) is 11.5 Å². The van der Waals surface area contributed by atoms with Crippen LogP contribution in [0.3, 0.4) is 0 Å². The summed E-state index contributed by atoms with van der Waals surface area (Å²) < 4.78 is 31.6. The van der Waals surface area contributed by atoms with Crippen molar-refractivity contribution < 1.29 is 17.9 Å². The summed E-state index contributed by atoms with van der Waals surface area (Å²) in [6, 6.07) is 17.7. The summed E-state index contributed by atoms with van der Waals surface area (Å²) in [5.74, 6) is 1.17. The number of amides is 2. The number of hydrogen-bond donors (Lipinski definition) is 2. The van der Waals surface area contributed by atoms with Crippen molar-refractivity contribution in [3.63, 3.8) is 0 Å². The number of hydrogen-bond acceptors (Lipinski definition) is 4. The van der Waals surface area contributed by atoms with E-state index in [0.717, 1.165) is 27.4 Å². The number of urea groups is 1. The monoisotopic (exact) mass is 599 g/mol. The van der Waals surface area contributed by atoms with Crippen LogP contribution in [0.5, 0.6) is 11.5 Å². The molecule has 0 atom stereocenters. The summed E-state index contributed by atoms with van der Waals surface area (Å²) in [5.41, 5.74) is 2.57. The van der Waals surface area contributed by atoms with Gasteiger partial charge in [-0.15, -0.1) is 0 Å². The normalized spacial score (nSPS) is 11.2. The fraction of sp³-hybridized carbons (Fsp3) is 0.208. The van der Waals surface area contributed by atoms with E-state index in [1.54, 1.807) is 30.1 Å². The first-order chi connectivity index (χ1) is 16.5. The van der Waals surface area contributed by atoms with Crippen LogP contribution in [0, 0.1) is 0 Å². The largest absolute Gasteiger partial charge is 0.457 e. The van der Waals surface area contributed by atoms with E-state index in [9.17, 15) is 13.2 Å². The Bertz CT molecular complexity index is 1320. The third kappa shape index (κ3) is 8.70. The molecule has 0 saturated heterocycles. The summed E-state index contributed by atoms with van der Waals surface area (Å²) in [6.45, 7) is 0.880. The Labute approximate surface area is 223 Å². The highest BCUT2D eigenvalue weighted by Crippen LogP contribution is 2.31. The molecule has 3 aromatic rings. The Morgan fingerprint density at radius 3 is 2.29 bits per heavy atom. The van der Waals surface area contributed by atoms with Crippen molar-refractivity contribution in [1.29, 1.82) is 0 Å². The third-order valence-corrected chi connectivity index (χ3v) is 7.03. The van der Waals surface area contributed by atoms with Gasteiger partial charge in [-0.05, 0) is 41.0 Å². The van der Waals surface area contributed by atoms with E-state index in [1.165, 1.54) is 0 Å². The SMILES string of the molecule is CN(Cc1ccc(Oc2ccc(Cl)c(Cl)c2)cc1Br)C(=O)NCc1cccc(CNS(C)(=O)=O)c1. The molecular weight excluding hydrogens is 577 g/mol. The number of halogens is 3. The van der Waals surface area contributed by atoms with E-state index in [0.29, 0.717) is 34.6 Å². The Balaban J connectivity index is 1.55. The molecule has 2 amide bonds. The van der Waals surface area contributed by atoms with E-state index in [-0.39, 0.29) is 12.6 Å². The van der Waals surface area contributed by atoms with Crippen LogP contribution in [-0.4, -0.2) is 32.7 Å². The Morgan fingerprint density at radius 2 is 1.63 bits per heavy atom. The van der Waals surface area contributed by atoms with Gasteiger partial charge in [0, 0.05) is 37.2 Å². The van der Waals surface area contributed by atoms with Crippen molar-refractivity contribution >= 4 is 55.2 Å². The lowest BCUT2D eigenvalue weighted by Gasteiger charge is -2.19. The predicted molar refractivity (Wildman–Crippen MR) is 143 cm³/mol. The molecule has 2 N–H and O–H groups in total. The van der Waals surface area contributed by atoms with E-state index in [1.807, 2.05) is 42.5 Å². The highest BCUT2D eigenvalue weighted by atomic mass is 79.9. The molecule has 0 spiro atoms. The van der Waals surface area contributed by atoms with Crippen LogP contribution in [0.25, 0.3) is 0 Å². The smallest absolute Gasteiger partial charge is 0.317 e. The lowest BCUT2D eigenvalue weighted by molar-refractivity contribution is 0.206. The van der Waals surface area contributed by atoms with Crippen LogP contribution in [0.1, 0.15) is 16.7 Å². The molecule has 186 valence electrons. The molecule has 7 nitrogen and oxygen atoms in total. The number of nitrogens with zero attached hydrogens (tertiary/aromatic N) is 1. The van der Waals surface area contributed by atoms with Gasteiger partial charge in [0.25, 0.3) is 0 Å². The molecule has 0 bridgehead atoms. The second kappa shape index (κ2) is 12.1. The molecule has 0 heterocycles. The second-order valence-electron chi connectivity index (χ2n) is 7.86. The number of sulfonamides is 1. The van der Waals surface area contributed by atoms with Crippen LogP contribution < -0.4 is 14.8 Å². The number of benzene rings is 3. The zero-order valence-electron chi connectivity index (χ0n) is 19.0. The fourth-order valence-corrected chi connectivity index (χ4v) is 4.30. The van der Waals surface area contributed by atoms with E-state index < -0.39 is 10.0 Å². The number of carbonyl (C=O) groups excluding carboxylic acids is 1. The number of rotatable bonds is 9. The minimum atomic E-state index is -3.28. The molecule has 0 aromatic heterocycles. The van der Waals surface area contributed by atoms with Gasteiger partial charge in [0.1, 0.15) is 11.5 Å². The van der Waals surface area contributed by atoms with E-state index in [2.05, 4.69) is 26.0 Å². The second-order valence-corrected chi connectivity index (χ2v) is 11.4. The first kappa shape index (κ1) is 27.3. The summed E-state index contributed by atoms with van der Waals surface area (Å²) in [7, 11) is -1.57. The highest BCUT2D eigenvalue weighted by Gasteiger charge is 2.12. The number of carbonyl (C=O) groups is 1. The van der Waals surface area contributed by atoms with Gasteiger partial charge < -0.3 is 15.0 Å². The van der Waals surface area contributed by atoms with Gasteiger partial charge in [-0.25, -0.2) is 17.9 Å².